The van der Waals surface area contributed by atoms with Gasteiger partial charge in [-0.25, -0.2) is 14.6 Å². The van der Waals surface area contributed by atoms with Crippen molar-refractivity contribution in [2.45, 2.75) is 58.2 Å². The first-order valence-corrected chi connectivity index (χ1v) is 11.2. The molecular formula is C23H28N6O4. The molecule has 2 aromatic heterocycles. The number of nitrogens with zero attached hydrogens (tertiary/aromatic N) is 5. The standard InChI is InChI=1S/C23H28N6O4/c1-3-9-23(10-4-2)22-27-18(19(30)21(32)28(22)11-12-33-23)20(31)25-13-16-7-5-6-8-17(16)29-15-24-14-26-29/h5-8,14-15,30H,3-4,9-13H2,1-2H3,(H,25,31). The molecular weight excluding hydrogens is 424 g/mol. The zero-order valence-corrected chi connectivity index (χ0v) is 18.8. The van der Waals surface area contributed by atoms with Crippen LogP contribution in [0.1, 0.15) is 61.4 Å². The number of benzene rings is 1. The molecule has 1 aromatic carbocycles. The molecule has 10 nitrogen and oxygen atoms in total. The highest BCUT2D eigenvalue weighted by Gasteiger charge is 2.40. The first-order chi connectivity index (χ1) is 16.0. The van der Waals surface area contributed by atoms with Crippen LogP contribution in [0.3, 0.4) is 0 Å². The summed E-state index contributed by atoms with van der Waals surface area (Å²) in [5.41, 5.74) is -0.0975. The Balaban J connectivity index is 1.66. The average Bonchev–Trinajstić information content (AvgIpc) is 3.35. The number of hydrogen-bond acceptors (Lipinski definition) is 7. The van der Waals surface area contributed by atoms with Gasteiger partial charge in [-0.3, -0.25) is 14.2 Å². The van der Waals surface area contributed by atoms with Crippen LogP contribution in [0.4, 0.5) is 0 Å². The van der Waals surface area contributed by atoms with E-state index in [9.17, 15) is 14.7 Å². The van der Waals surface area contributed by atoms with Crippen LogP contribution in [0.2, 0.25) is 0 Å². The van der Waals surface area contributed by atoms with Gasteiger partial charge in [-0.1, -0.05) is 44.9 Å². The highest BCUT2D eigenvalue weighted by atomic mass is 16.5. The highest BCUT2D eigenvalue weighted by Crippen LogP contribution is 2.37. The second-order valence-electron chi connectivity index (χ2n) is 8.08. The van der Waals surface area contributed by atoms with Crippen LogP contribution in [-0.4, -0.2) is 41.9 Å². The first kappa shape index (κ1) is 22.7. The maximum absolute atomic E-state index is 13.0. The number of amides is 1. The summed E-state index contributed by atoms with van der Waals surface area (Å²) >= 11 is 0. The third-order valence-electron chi connectivity index (χ3n) is 5.87. The quantitative estimate of drug-likeness (QED) is 0.537. The van der Waals surface area contributed by atoms with Gasteiger partial charge in [0.15, 0.2) is 5.69 Å². The summed E-state index contributed by atoms with van der Waals surface area (Å²) in [6.45, 7) is 4.88. The fourth-order valence-electron chi connectivity index (χ4n) is 4.43. The molecule has 4 rings (SSSR count). The molecule has 1 aliphatic heterocycles. The molecule has 1 aliphatic rings. The van der Waals surface area contributed by atoms with Crippen molar-refractivity contribution >= 4 is 5.91 Å². The Labute approximate surface area is 191 Å². The van der Waals surface area contributed by atoms with E-state index in [1.165, 1.54) is 10.9 Å². The Hall–Kier alpha value is -3.53. The predicted octanol–water partition coefficient (Wildman–Crippen LogP) is 2.29. The van der Waals surface area contributed by atoms with Crippen LogP contribution in [0.25, 0.3) is 5.69 Å². The molecule has 3 heterocycles. The van der Waals surface area contributed by atoms with Crippen LogP contribution < -0.4 is 10.9 Å². The Morgan fingerprint density at radius 2 is 2.00 bits per heavy atom. The summed E-state index contributed by atoms with van der Waals surface area (Å²) in [6, 6.07) is 7.43. The molecule has 0 saturated heterocycles. The molecule has 0 fully saturated rings. The zero-order chi connectivity index (χ0) is 23.4. The minimum atomic E-state index is -0.747. The van der Waals surface area contributed by atoms with E-state index < -0.39 is 22.8 Å². The predicted molar refractivity (Wildman–Crippen MR) is 120 cm³/mol. The van der Waals surface area contributed by atoms with Crippen LogP contribution in [0.5, 0.6) is 5.75 Å². The Kier molecular flexibility index (Phi) is 6.55. The van der Waals surface area contributed by atoms with E-state index in [1.54, 1.807) is 11.0 Å². The smallest absolute Gasteiger partial charge is 0.296 e. The summed E-state index contributed by atoms with van der Waals surface area (Å²) < 4.78 is 9.18. The van der Waals surface area contributed by atoms with E-state index in [2.05, 4.69) is 20.4 Å². The van der Waals surface area contributed by atoms with Gasteiger partial charge in [0.1, 0.15) is 24.1 Å². The number of rotatable bonds is 8. The lowest BCUT2D eigenvalue weighted by molar-refractivity contribution is -0.0958. The molecule has 0 saturated carbocycles. The number of para-hydroxylation sites is 1. The lowest BCUT2D eigenvalue weighted by Crippen LogP contribution is -2.45. The van der Waals surface area contributed by atoms with Gasteiger partial charge in [0.05, 0.1) is 18.8 Å². The number of ether oxygens (including phenoxy) is 1. The summed E-state index contributed by atoms with van der Waals surface area (Å²) in [5, 5.41) is 17.4. The van der Waals surface area contributed by atoms with Gasteiger partial charge in [0.2, 0.25) is 5.75 Å². The van der Waals surface area contributed by atoms with E-state index in [0.717, 1.165) is 24.1 Å². The third-order valence-corrected chi connectivity index (χ3v) is 5.87. The Bertz CT molecular complexity index is 1180. The van der Waals surface area contributed by atoms with E-state index in [0.29, 0.717) is 25.3 Å². The number of nitrogens with one attached hydrogen (secondary N) is 1. The molecule has 3 aromatic rings. The maximum atomic E-state index is 13.0. The topological polar surface area (TPSA) is 124 Å². The third kappa shape index (κ3) is 4.25. The van der Waals surface area contributed by atoms with Crippen molar-refractivity contribution in [3.63, 3.8) is 0 Å². The summed E-state index contributed by atoms with van der Waals surface area (Å²) in [7, 11) is 0. The van der Waals surface area contributed by atoms with Gasteiger partial charge in [-0.15, -0.1) is 0 Å². The molecule has 0 spiro atoms. The summed E-state index contributed by atoms with van der Waals surface area (Å²) in [6.07, 6.45) is 6.00. The molecule has 0 bridgehead atoms. The number of aromatic hydroxyl groups is 1. The van der Waals surface area contributed by atoms with Crippen molar-refractivity contribution in [1.29, 1.82) is 0 Å². The average molecular weight is 453 g/mol. The number of hydrogen-bond donors (Lipinski definition) is 2. The number of aromatic nitrogens is 5. The van der Waals surface area contributed by atoms with Gasteiger partial charge < -0.3 is 15.2 Å². The second kappa shape index (κ2) is 9.53. The van der Waals surface area contributed by atoms with Crippen molar-refractivity contribution in [2.24, 2.45) is 0 Å². The Morgan fingerprint density at radius 1 is 1.24 bits per heavy atom. The fraction of sp³-hybridized carbons (Fsp3) is 0.435. The van der Waals surface area contributed by atoms with Crippen molar-refractivity contribution < 1.29 is 14.6 Å². The highest BCUT2D eigenvalue weighted by molar-refractivity contribution is 5.94. The number of carbonyl (C=O) groups excluding carboxylic acids is 1. The lowest BCUT2D eigenvalue weighted by atomic mass is 9.90. The van der Waals surface area contributed by atoms with Gasteiger partial charge in [-0.05, 0) is 24.5 Å². The van der Waals surface area contributed by atoms with E-state index in [-0.39, 0.29) is 18.8 Å². The van der Waals surface area contributed by atoms with Gasteiger partial charge in [-0.2, -0.15) is 5.10 Å². The largest absolute Gasteiger partial charge is 0.501 e. The SMILES string of the molecule is CCCC1(CCC)OCCn2c1nc(C(=O)NCc1ccccc1-n1cncn1)c(O)c2=O. The molecule has 0 aliphatic carbocycles. The molecule has 0 unspecified atom stereocenters. The normalized spacial score (nSPS) is 14.6. The molecule has 10 heteroatoms. The van der Waals surface area contributed by atoms with Crippen LogP contribution in [-0.2, 0) is 23.4 Å². The van der Waals surface area contributed by atoms with E-state index in [1.807, 2.05) is 38.1 Å². The first-order valence-electron chi connectivity index (χ1n) is 11.2. The van der Waals surface area contributed by atoms with Crippen LogP contribution in [0.15, 0.2) is 41.7 Å². The minimum Gasteiger partial charge on any atom is -0.501 e. The van der Waals surface area contributed by atoms with Gasteiger partial charge >= 0.3 is 0 Å². The van der Waals surface area contributed by atoms with Crippen molar-refractivity contribution in [3.8, 4) is 11.4 Å². The maximum Gasteiger partial charge on any atom is 0.296 e. The lowest BCUT2D eigenvalue weighted by Gasteiger charge is -2.38. The monoisotopic (exact) mass is 452 g/mol. The van der Waals surface area contributed by atoms with Crippen molar-refractivity contribution in [2.75, 3.05) is 6.61 Å². The molecule has 2 N–H and O–H groups in total. The van der Waals surface area contributed by atoms with Gasteiger partial charge in [0, 0.05) is 6.54 Å². The van der Waals surface area contributed by atoms with Crippen LogP contribution in [0, 0.1) is 0 Å². The fourth-order valence-corrected chi connectivity index (χ4v) is 4.43. The molecule has 0 atom stereocenters. The molecule has 33 heavy (non-hydrogen) atoms. The van der Waals surface area contributed by atoms with E-state index >= 15 is 0 Å². The number of fused-ring (bicyclic) bond motifs is 1. The Morgan fingerprint density at radius 3 is 2.70 bits per heavy atom. The van der Waals surface area contributed by atoms with Crippen LogP contribution >= 0.6 is 0 Å². The number of carbonyl (C=O) groups is 1. The van der Waals surface area contributed by atoms with Crippen molar-refractivity contribution in [3.05, 3.63) is 64.4 Å². The minimum absolute atomic E-state index is 0.153. The van der Waals surface area contributed by atoms with E-state index in [4.69, 9.17) is 4.74 Å². The summed E-state index contributed by atoms with van der Waals surface area (Å²) in [5.74, 6) is -0.869. The van der Waals surface area contributed by atoms with Crippen molar-refractivity contribution in [1.82, 2.24) is 29.6 Å². The van der Waals surface area contributed by atoms with Gasteiger partial charge in [0.25, 0.3) is 11.5 Å². The molecule has 0 radical (unpaired) electrons. The molecule has 1 amide bonds. The summed E-state index contributed by atoms with van der Waals surface area (Å²) in [4.78, 5) is 34.4. The zero-order valence-electron chi connectivity index (χ0n) is 18.8. The second-order valence-corrected chi connectivity index (χ2v) is 8.08. The molecule has 174 valence electrons.